The van der Waals surface area contributed by atoms with E-state index in [0.29, 0.717) is 6.54 Å². The van der Waals surface area contributed by atoms with Gasteiger partial charge in [-0.05, 0) is 38.1 Å². The maximum atomic E-state index is 12.6. The van der Waals surface area contributed by atoms with Crippen LogP contribution in [0.1, 0.15) is 32.3 Å². The van der Waals surface area contributed by atoms with Crippen LogP contribution in [0.3, 0.4) is 0 Å². The lowest BCUT2D eigenvalue weighted by Gasteiger charge is -2.24. The Labute approximate surface area is 127 Å². The van der Waals surface area contributed by atoms with Crippen molar-refractivity contribution in [2.24, 2.45) is 0 Å². The summed E-state index contributed by atoms with van der Waals surface area (Å²) >= 11 is 6.08. The highest BCUT2D eigenvalue weighted by molar-refractivity contribution is 7.89. The Morgan fingerprint density at radius 1 is 1.40 bits per heavy atom. The minimum atomic E-state index is -3.56. The summed E-state index contributed by atoms with van der Waals surface area (Å²) in [5, 5.41) is 3.27. The van der Waals surface area contributed by atoms with Crippen molar-refractivity contribution < 1.29 is 8.42 Å². The molecule has 1 N–H and O–H groups in total. The van der Waals surface area contributed by atoms with E-state index in [2.05, 4.69) is 5.32 Å². The summed E-state index contributed by atoms with van der Waals surface area (Å²) in [7, 11) is -0.133. The first-order valence-electron chi connectivity index (χ1n) is 6.75. The zero-order chi connectivity index (χ0) is 15.3. The molecular formula is C14H23ClN2O2S. The number of hydrogen-bond donors (Lipinski definition) is 1. The number of hydrogen-bond acceptors (Lipinski definition) is 3. The zero-order valence-electron chi connectivity index (χ0n) is 12.5. The van der Waals surface area contributed by atoms with Crippen molar-refractivity contribution in [3.63, 3.8) is 0 Å². The van der Waals surface area contributed by atoms with Gasteiger partial charge in [-0.25, -0.2) is 8.42 Å². The molecule has 0 aliphatic rings. The van der Waals surface area contributed by atoms with E-state index in [1.54, 1.807) is 19.2 Å². The molecule has 0 radical (unpaired) electrons. The molecule has 0 aliphatic carbocycles. The lowest BCUT2D eigenvalue weighted by Crippen LogP contribution is -2.35. The van der Waals surface area contributed by atoms with Crippen LogP contribution in [0.5, 0.6) is 0 Å². The van der Waals surface area contributed by atoms with E-state index in [4.69, 9.17) is 11.6 Å². The van der Waals surface area contributed by atoms with Crippen LogP contribution in [0.2, 0.25) is 5.02 Å². The predicted octanol–water partition coefficient (Wildman–Crippen LogP) is 2.87. The summed E-state index contributed by atoms with van der Waals surface area (Å²) in [6.07, 6.45) is 1.76. The highest BCUT2D eigenvalue weighted by Crippen LogP contribution is 2.27. The molecule has 6 heteroatoms. The summed E-state index contributed by atoms with van der Waals surface area (Å²) < 4.78 is 26.7. The van der Waals surface area contributed by atoms with Crippen LogP contribution in [-0.2, 0) is 16.6 Å². The van der Waals surface area contributed by atoms with E-state index < -0.39 is 10.0 Å². The van der Waals surface area contributed by atoms with Crippen LogP contribution in [-0.4, -0.2) is 32.9 Å². The lowest BCUT2D eigenvalue weighted by molar-refractivity contribution is 0.368. The zero-order valence-corrected chi connectivity index (χ0v) is 14.1. The highest BCUT2D eigenvalue weighted by atomic mass is 35.5. The molecule has 0 heterocycles. The molecule has 1 aromatic rings. The van der Waals surface area contributed by atoms with Gasteiger partial charge in [0.1, 0.15) is 4.90 Å². The van der Waals surface area contributed by atoms with Gasteiger partial charge in [0.25, 0.3) is 0 Å². The first-order valence-corrected chi connectivity index (χ1v) is 8.57. The molecular weight excluding hydrogens is 296 g/mol. The van der Waals surface area contributed by atoms with Crippen LogP contribution < -0.4 is 5.32 Å². The number of nitrogens with one attached hydrogen (secondary N) is 1. The van der Waals surface area contributed by atoms with E-state index in [1.807, 2.05) is 27.0 Å². The Morgan fingerprint density at radius 2 is 2.05 bits per heavy atom. The van der Waals surface area contributed by atoms with Gasteiger partial charge in [0, 0.05) is 19.6 Å². The molecule has 1 atom stereocenters. The summed E-state index contributed by atoms with van der Waals surface area (Å²) in [6, 6.07) is 5.06. The molecule has 0 bridgehead atoms. The fraction of sp³-hybridized carbons (Fsp3) is 0.571. The van der Waals surface area contributed by atoms with Crippen molar-refractivity contribution in [3.05, 3.63) is 28.8 Å². The monoisotopic (exact) mass is 318 g/mol. The van der Waals surface area contributed by atoms with Crippen LogP contribution in [0.4, 0.5) is 0 Å². The Hall–Kier alpha value is -0.620. The molecule has 0 fully saturated rings. The normalized spacial score (nSPS) is 13.7. The number of halogens is 1. The number of rotatable bonds is 7. The summed E-state index contributed by atoms with van der Waals surface area (Å²) in [5.41, 5.74) is 0.895. The van der Waals surface area contributed by atoms with Crippen molar-refractivity contribution >= 4 is 21.6 Å². The van der Waals surface area contributed by atoms with E-state index in [1.165, 1.54) is 4.31 Å². The van der Waals surface area contributed by atoms with E-state index in [9.17, 15) is 8.42 Å². The molecule has 0 saturated heterocycles. The summed E-state index contributed by atoms with van der Waals surface area (Å²) in [6.45, 7) is 4.55. The molecule has 1 rings (SSSR count). The third kappa shape index (κ3) is 3.95. The van der Waals surface area contributed by atoms with Crippen molar-refractivity contribution in [2.75, 3.05) is 14.1 Å². The van der Waals surface area contributed by atoms with Crippen LogP contribution in [0.25, 0.3) is 0 Å². The largest absolute Gasteiger partial charge is 0.316 e. The standard InChI is InChI=1S/C14H23ClN2O2S/c1-5-6-11(2)17(4)20(18,19)14-9-12(10-16-3)7-8-13(14)15/h7-9,11,16H,5-6,10H2,1-4H3. The highest BCUT2D eigenvalue weighted by Gasteiger charge is 2.27. The predicted molar refractivity (Wildman–Crippen MR) is 83.5 cm³/mol. The van der Waals surface area contributed by atoms with Gasteiger partial charge < -0.3 is 5.32 Å². The molecule has 0 saturated carbocycles. The third-order valence-electron chi connectivity index (χ3n) is 3.36. The number of nitrogens with zero attached hydrogens (tertiary/aromatic N) is 1. The van der Waals surface area contributed by atoms with Gasteiger partial charge in [-0.3, -0.25) is 0 Å². The minimum absolute atomic E-state index is 0.0472. The minimum Gasteiger partial charge on any atom is -0.316 e. The van der Waals surface area contributed by atoms with Crippen molar-refractivity contribution in [1.29, 1.82) is 0 Å². The van der Waals surface area contributed by atoms with Gasteiger partial charge in [-0.2, -0.15) is 4.31 Å². The average Bonchev–Trinajstić information content (AvgIpc) is 2.40. The lowest BCUT2D eigenvalue weighted by atomic mass is 10.2. The quantitative estimate of drug-likeness (QED) is 0.841. The van der Waals surface area contributed by atoms with Crippen molar-refractivity contribution in [3.8, 4) is 0 Å². The Morgan fingerprint density at radius 3 is 2.60 bits per heavy atom. The van der Waals surface area contributed by atoms with Gasteiger partial charge in [0.15, 0.2) is 0 Å². The maximum Gasteiger partial charge on any atom is 0.244 e. The van der Waals surface area contributed by atoms with Crippen LogP contribution in [0, 0.1) is 0 Å². The van der Waals surface area contributed by atoms with Gasteiger partial charge in [0.2, 0.25) is 10.0 Å². The Balaban J connectivity index is 3.17. The van der Waals surface area contributed by atoms with Gasteiger partial charge in [-0.15, -0.1) is 0 Å². The molecule has 20 heavy (non-hydrogen) atoms. The van der Waals surface area contributed by atoms with E-state index in [-0.39, 0.29) is 16.0 Å². The molecule has 0 amide bonds. The first kappa shape index (κ1) is 17.4. The molecule has 1 unspecified atom stereocenters. The van der Waals surface area contributed by atoms with Crippen molar-refractivity contribution in [1.82, 2.24) is 9.62 Å². The van der Waals surface area contributed by atoms with Gasteiger partial charge in [-0.1, -0.05) is 31.0 Å². The third-order valence-corrected chi connectivity index (χ3v) is 5.81. The van der Waals surface area contributed by atoms with Crippen molar-refractivity contribution in [2.45, 2.75) is 44.2 Å². The second kappa shape index (κ2) is 7.41. The second-order valence-corrected chi connectivity index (χ2v) is 7.33. The molecule has 0 aromatic heterocycles. The Bertz CT molecular complexity index is 546. The Kier molecular flexibility index (Phi) is 6.45. The topological polar surface area (TPSA) is 49.4 Å². The fourth-order valence-electron chi connectivity index (χ4n) is 2.05. The second-order valence-electron chi connectivity index (χ2n) is 4.95. The maximum absolute atomic E-state index is 12.6. The summed E-state index contributed by atoms with van der Waals surface area (Å²) in [5.74, 6) is 0. The smallest absolute Gasteiger partial charge is 0.244 e. The fourth-order valence-corrected chi connectivity index (χ4v) is 3.97. The SMILES string of the molecule is CCCC(C)N(C)S(=O)(=O)c1cc(CNC)ccc1Cl. The molecule has 4 nitrogen and oxygen atoms in total. The van der Waals surface area contributed by atoms with Gasteiger partial charge in [0.05, 0.1) is 5.02 Å². The average molecular weight is 319 g/mol. The van der Waals surface area contributed by atoms with E-state index in [0.717, 1.165) is 18.4 Å². The molecule has 0 aliphatic heterocycles. The molecule has 114 valence electrons. The molecule has 1 aromatic carbocycles. The number of sulfonamides is 1. The summed E-state index contributed by atoms with van der Waals surface area (Å²) in [4.78, 5) is 0.178. The molecule has 0 spiro atoms. The van der Waals surface area contributed by atoms with E-state index >= 15 is 0 Å². The van der Waals surface area contributed by atoms with Gasteiger partial charge >= 0.3 is 0 Å². The van der Waals surface area contributed by atoms with Crippen LogP contribution in [0.15, 0.2) is 23.1 Å². The van der Waals surface area contributed by atoms with Crippen LogP contribution >= 0.6 is 11.6 Å². The first-order chi connectivity index (χ1) is 9.34. The number of benzene rings is 1.